The van der Waals surface area contributed by atoms with Crippen LogP contribution >= 0.6 is 0 Å². The summed E-state index contributed by atoms with van der Waals surface area (Å²) in [6, 6.07) is 2.22. The third-order valence-electron chi connectivity index (χ3n) is 3.09. The molecule has 112 valence electrons. The summed E-state index contributed by atoms with van der Waals surface area (Å²) in [6.07, 6.45) is -2.71. The highest BCUT2D eigenvalue weighted by Gasteiger charge is 2.37. The van der Waals surface area contributed by atoms with E-state index in [1.165, 1.54) is 12.3 Å². The van der Waals surface area contributed by atoms with Gasteiger partial charge in [0.25, 0.3) is 0 Å². The number of hydrogen-bond acceptors (Lipinski definition) is 5. The van der Waals surface area contributed by atoms with Gasteiger partial charge in [-0.1, -0.05) is 5.16 Å². The fourth-order valence-corrected chi connectivity index (χ4v) is 2.14. The molecule has 0 spiro atoms. The Hall–Kier alpha value is -2.38. The largest absolute Gasteiger partial charge is 0.489 e. The lowest BCUT2D eigenvalue weighted by Crippen LogP contribution is -2.09. The van der Waals surface area contributed by atoms with Crippen LogP contribution in [0.15, 0.2) is 22.9 Å². The normalized spacial score (nSPS) is 14.8. The van der Waals surface area contributed by atoms with Crippen molar-refractivity contribution in [2.45, 2.75) is 12.6 Å². The maximum atomic E-state index is 13.1. The van der Waals surface area contributed by atoms with Gasteiger partial charge in [0.15, 0.2) is 11.5 Å². The molecule has 3 rings (SSSR count). The molecule has 2 heterocycles. The number of aromatic nitrogens is 1. The van der Waals surface area contributed by atoms with Gasteiger partial charge in [0.05, 0.1) is 25.0 Å². The van der Waals surface area contributed by atoms with Gasteiger partial charge < -0.3 is 19.7 Å². The number of fused-ring (bicyclic) bond motifs is 1. The Bertz CT molecular complexity index is 667. The van der Waals surface area contributed by atoms with E-state index >= 15 is 0 Å². The van der Waals surface area contributed by atoms with Crippen molar-refractivity contribution in [3.63, 3.8) is 0 Å². The molecule has 0 radical (unpaired) electrons. The molecule has 0 fully saturated rings. The minimum Gasteiger partial charge on any atom is -0.489 e. The summed E-state index contributed by atoms with van der Waals surface area (Å²) in [4.78, 5) is 0. The van der Waals surface area contributed by atoms with E-state index in [0.717, 1.165) is 6.07 Å². The molecule has 1 aromatic carbocycles. The van der Waals surface area contributed by atoms with E-state index in [2.05, 4.69) is 5.16 Å². The van der Waals surface area contributed by atoms with Gasteiger partial charge in [0.2, 0.25) is 5.88 Å². The van der Waals surface area contributed by atoms with E-state index in [1.54, 1.807) is 0 Å². The topological polar surface area (TPSA) is 70.5 Å². The molecule has 1 aliphatic rings. The third-order valence-corrected chi connectivity index (χ3v) is 3.09. The highest BCUT2D eigenvalue weighted by Crippen LogP contribution is 2.48. The lowest BCUT2D eigenvalue weighted by atomic mass is 10.0. The van der Waals surface area contributed by atoms with Crippen molar-refractivity contribution >= 4 is 5.88 Å². The number of alkyl halides is 3. The molecule has 8 heteroatoms. The van der Waals surface area contributed by atoms with E-state index in [4.69, 9.17) is 19.7 Å². The van der Waals surface area contributed by atoms with Crippen molar-refractivity contribution < 1.29 is 27.2 Å². The first-order valence-electron chi connectivity index (χ1n) is 6.19. The minimum atomic E-state index is -4.53. The Balaban J connectivity index is 2.22. The first-order valence-corrected chi connectivity index (χ1v) is 6.19. The average molecular weight is 300 g/mol. The fourth-order valence-electron chi connectivity index (χ4n) is 2.14. The van der Waals surface area contributed by atoms with Crippen LogP contribution in [0, 0.1) is 0 Å². The van der Waals surface area contributed by atoms with Crippen molar-refractivity contribution in [2.24, 2.45) is 0 Å². The maximum Gasteiger partial charge on any atom is 0.420 e. The summed E-state index contributed by atoms with van der Waals surface area (Å²) in [6.45, 7) is 0.408. The molecule has 1 aliphatic heterocycles. The van der Waals surface area contributed by atoms with Crippen LogP contribution in [0.1, 0.15) is 12.0 Å². The summed E-state index contributed by atoms with van der Waals surface area (Å²) >= 11 is 0. The number of rotatable bonds is 1. The van der Waals surface area contributed by atoms with Gasteiger partial charge in [-0.3, -0.25) is 0 Å². The molecule has 0 atom stereocenters. The monoisotopic (exact) mass is 300 g/mol. The van der Waals surface area contributed by atoms with Crippen LogP contribution in [0.3, 0.4) is 0 Å². The van der Waals surface area contributed by atoms with Crippen LogP contribution in [-0.2, 0) is 6.18 Å². The third kappa shape index (κ3) is 2.37. The Labute approximate surface area is 117 Å². The number of nitrogen functional groups attached to an aromatic ring is 1. The Morgan fingerprint density at radius 2 is 1.76 bits per heavy atom. The van der Waals surface area contributed by atoms with E-state index in [1.807, 2.05) is 0 Å². The molecule has 0 saturated heterocycles. The molecule has 2 N–H and O–H groups in total. The SMILES string of the molecule is Nc1oncc1-c1ccc(C(F)(F)F)c2c1OCCCO2. The number of hydrogen-bond donors (Lipinski definition) is 1. The number of halogens is 3. The second-order valence-corrected chi connectivity index (χ2v) is 4.47. The van der Waals surface area contributed by atoms with Crippen LogP contribution in [0.4, 0.5) is 19.1 Å². The number of nitrogens with zero attached hydrogens (tertiary/aromatic N) is 1. The Kier molecular flexibility index (Phi) is 3.15. The zero-order chi connectivity index (χ0) is 15.0. The summed E-state index contributed by atoms with van der Waals surface area (Å²) in [5.41, 5.74) is 5.47. The molecule has 0 bridgehead atoms. The standard InChI is InChI=1S/C13H11F3N2O3/c14-13(15,16)9-3-2-7(8-6-18-21-12(8)17)10-11(9)20-5-1-4-19-10/h2-3,6H,1,4-5,17H2. The molecule has 1 aromatic heterocycles. The van der Waals surface area contributed by atoms with Gasteiger partial charge in [-0.2, -0.15) is 13.2 Å². The molecule has 0 saturated carbocycles. The molecule has 0 aliphatic carbocycles. The van der Waals surface area contributed by atoms with Crippen molar-refractivity contribution in [1.82, 2.24) is 5.16 Å². The second-order valence-electron chi connectivity index (χ2n) is 4.47. The van der Waals surface area contributed by atoms with Crippen LogP contribution < -0.4 is 15.2 Å². The summed E-state index contributed by atoms with van der Waals surface area (Å²) in [5.74, 6) is -0.305. The van der Waals surface area contributed by atoms with Crippen molar-refractivity contribution in [2.75, 3.05) is 18.9 Å². The van der Waals surface area contributed by atoms with E-state index in [9.17, 15) is 13.2 Å². The highest BCUT2D eigenvalue weighted by atomic mass is 19.4. The van der Waals surface area contributed by atoms with Crippen LogP contribution in [-0.4, -0.2) is 18.4 Å². The first kappa shape index (κ1) is 13.6. The van der Waals surface area contributed by atoms with Crippen molar-refractivity contribution in [3.8, 4) is 22.6 Å². The van der Waals surface area contributed by atoms with Gasteiger partial charge in [0, 0.05) is 12.0 Å². The average Bonchev–Trinajstić information content (AvgIpc) is 2.70. The molecule has 21 heavy (non-hydrogen) atoms. The number of nitrogens with two attached hydrogens (primary N) is 1. The quantitative estimate of drug-likeness (QED) is 0.876. The van der Waals surface area contributed by atoms with Gasteiger partial charge in [-0.15, -0.1) is 0 Å². The fraction of sp³-hybridized carbons (Fsp3) is 0.308. The molecule has 5 nitrogen and oxygen atoms in total. The number of benzene rings is 1. The summed E-state index contributed by atoms with van der Waals surface area (Å²) < 4.78 is 54.7. The summed E-state index contributed by atoms with van der Waals surface area (Å²) in [5, 5.41) is 3.52. The predicted molar refractivity (Wildman–Crippen MR) is 67.0 cm³/mol. The molecule has 2 aromatic rings. The van der Waals surface area contributed by atoms with E-state index in [-0.39, 0.29) is 30.6 Å². The first-order chi connectivity index (χ1) is 9.98. The smallest absolute Gasteiger partial charge is 0.420 e. The number of anilines is 1. The van der Waals surface area contributed by atoms with Crippen molar-refractivity contribution in [3.05, 3.63) is 23.9 Å². The van der Waals surface area contributed by atoms with Gasteiger partial charge >= 0.3 is 6.18 Å². The van der Waals surface area contributed by atoms with E-state index in [0.29, 0.717) is 17.5 Å². The van der Waals surface area contributed by atoms with Gasteiger partial charge in [-0.25, -0.2) is 0 Å². The highest BCUT2D eigenvalue weighted by molar-refractivity contribution is 5.80. The lowest BCUT2D eigenvalue weighted by molar-refractivity contribution is -0.139. The van der Waals surface area contributed by atoms with Crippen molar-refractivity contribution in [1.29, 1.82) is 0 Å². The molecular formula is C13H11F3N2O3. The lowest BCUT2D eigenvalue weighted by Gasteiger charge is -2.17. The second kappa shape index (κ2) is 4.87. The maximum absolute atomic E-state index is 13.1. The van der Waals surface area contributed by atoms with Gasteiger partial charge in [0.1, 0.15) is 5.56 Å². The minimum absolute atomic E-state index is 0.00445. The van der Waals surface area contributed by atoms with Crippen LogP contribution in [0.5, 0.6) is 11.5 Å². The Morgan fingerprint density at radius 3 is 2.38 bits per heavy atom. The number of ether oxygens (including phenoxy) is 2. The van der Waals surface area contributed by atoms with Gasteiger partial charge in [-0.05, 0) is 12.1 Å². The predicted octanol–water partition coefficient (Wildman–Crippen LogP) is 3.10. The zero-order valence-corrected chi connectivity index (χ0v) is 10.7. The molecule has 0 amide bonds. The molecule has 0 unspecified atom stereocenters. The molecular weight excluding hydrogens is 289 g/mol. The zero-order valence-electron chi connectivity index (χ0n) is 10.7. The van der Waals surface area contributed by atoms with E-state index < -0.39 is 11.7 Å². The summed E-state index contributed by atoms with van der Waals surface area (Å²) in [7, 11) is 0. The Morgan fingerprint density at radius 1 is 1.05 bits per heavy atom. The van der Waals surface area contributed by atoms with Crippen LogP contribution in [0.25, 0.3) is 11.1 Å². The van der Waals surface area contributed by atoms with Crippen LogP contribution in [0.2, 0.25) is 0 Å².